The summed E-state index contributed by atoms with van der Waals surface area (Å²) in [6.07, 6.45) is 1.51. The first-order chi connectivity index (χ1) is 14.7. The zero-order valence-corrected chi connectivity index (χ0v) is 19.5. The summed E-state index contributed by atoms with van der Waals surface area (Å²) in [5, 5.41) is 3.74. The van der Waals surface area contributed by atoms with Gasteiger partial charge >= 0.3 is 6.18 Å². The van der Waals surface area contributed by atoms with E-state index in [1.807, 2.05) is 0 Å². The molecule has 0 spiro atoms. The van der Waals surface area contributed by atoms with Crippen LogP contribution in [0.3, 0.4) is 0 Å². The van der Waals surface area contributed by atoms with Gasteiger partial charge in [0, 0.05) is 56.7 Å². The van der Waals surface area contributed by atoms with Crippen LogP contribution in [0.15, 0.2) is 12.3 Å². The van der Waals surface area contributed by atoms with E-state index in [0.29, 0.717) is 36.3 Å². The SMILES string of the molecule is CC(C)[C@]1(C(=O)N2CCc3ncc(C(F)(F)F)cc3C2)CC[C@@H](NC2CCOCC2)C1.Cl. The molecule has 1 saturated carbocycles. The lowest BCUT2D eigenvalue weighted by atomic mass is 9.74. The van der Waals surface area contributed by atoms with Crippen LogP contribution in [0.4, 0.5) is 13.2 Å². The molecule has 0 bridgehead atoms. The number of carbonyl (C=O) groups excluding carboxylic acids is 1. The van der Waals surface area contributed by atoms with Crippen molar-refractivity contribution < 1.29 is 22.7 Å². The topological polar surface area (TPSA) is 54.5 Å². The van der Waals surface area contributed by atoms with Crippen molar-refractivity contribution in [2.45, 2.75) is 77.2 Å². The average Bonchev–Trinajstić information content (AvgIpc) is 3.17. The number of pyridine rings is 1. The summed E-state index contributed by atoms with van der Waals surface area (Å²) < 4.78 is 44.8. The Hall–Kier alpha value is -1.38. The monoisotopic (exact) mass is 475 g/mol. The highest BCUT2D eigenvalue weighted by Gasteiger charge is 2.49. The first-order valence-electron chi connectivity index (χ1n) is 11.4. The third kappa shape index (κ3) is 5.07. The van der Waals surface area contributed by atoms with Gasteiger partial charge in [0.25, 0.3) is 0 Å². The molecule has 2 atom stereocenters. The van der Waals surface area contributed by atoms with Gasteiger partial charge < -0.3 is 15.0 Å². The van der Waals surface area contributed by atoms with Crippen LogP contribution in [0.5, 0.6) is 0 Å². The molecule has 1 aromatic heterocycles. The standard InChI is InChI=1S/C23H32F3N3O2.ClH/c1-15(2)22(7-3-19(12-22)28-18-5-9-31-10-6-18)21(30)29-8-4-20-16(14-29)11-17(13-27-20)23(24,25)26;/h11,13,15,18-19,28H,3-10,12,14H2,1-2H3;1H/t19-,22+;/m1./s1. The fraction of sp³-hybridized carbons (Fsp3) is 0.739. The molecule has 32 heavy (non-hydrogen) atoms. The van der Waals surface area contributed by atoms with Crippen molar-refractivity contribution in [2.24, 2.45) is 11.3 Å². The average molecular weight is 476 g/mol. The minimum atomic E-state index is -4.43. The quantitative estimate of drug-likeness (QED) is 0.702. The van der Waals surface area contributed by atoms with Crippen LogP contribution < -0.4 is 5.32 Å². The third-order valence-corrected chi connectivity index (χ3v) is 7.43. The molecule has 1 amide bonds. The van der Waals surface area contributed by atoms with Gasteiger partial charge in [-0.05, 0) is 49.7 Å². The Balaban J connectivity index is 0.00000289. The van der Waals surface area contributed by atoms with E-state index in [1.54, 1.807) is 4.90 Å². The Labute approximate surface area is 193 Å². The van der Waals surface area contributed by atoms with Crippen LogP contribution in [0.25, 0.3) is 0 Å². The second-order valence-corrected chi connectivity index (χ2v) is 9.61. The predicted octanol–water partition coefficient (Wildman–Crippen LogP) is 4.37. The molecule has 180 valence electrons. The number of hydrogen-bond donors (Lipinski definition) is 1. The van der Waals surface area contributed by atoms with Gasteiger partial charge in [-0.15, -0.1) is 12.4 Å². The van der Waals surface area contributed by atoms with Crippen molar-refractivity contribution in [3.63, 3.8) is 0 Å². The molecule has 1 saturated heterocycles. The number of amides is 1. The molecule has 4 rings (SSSR count). The minimum Gasteiger partial charge on any atom is -0.381 e. The lowest BCUT2D eigenvalue weighted by molar-refractivity contribution is -0.146. The van der Waals surface area contributed by atoms with Crippen molar-refractivity contribution in [1.82, 2.24) is 15.2 Å². The Kier molecular flexibility index (Phi) is 7.77. The van der Waals surface area contributed by atoms with Gasteiger partial charge in [-0.3, -0.25) is 9.78 Å². The van der Waals surface area contributed by atoms with Crippen LogP contribution >= 0.6 is 12.4 Å². The van der Waals surface area contributed by atoms with E-state index >= 15 is 0 Å². The normalized spacial score (nSPS) is 26.7. The Morgan fingerprint density at radius 2 is 1.97 bits per heavy atom. The Morgan fingerprint density at radius 1 is 1.25 bits per heavy atom. The van der Waals surface area contributed by atoms with Gasteiger partial charge in [-0.1, -0.05) is 13.8 Å². The number of ether oxygens (including phenoxy) is 1. The predicted molar refractivity (Wildman–Crippen MR) is 117 cm³/mol. The van der Waals surface area contributed by atoms with E-state index in [0.717, 1.165) is 57.6 Å². The van der Waals surface area contributed by atoms with E-state index in [-0.39, 0.29) is 30.8 Å². The van der Waals surface area contributed by atoms with Gasteiger partial charge in [0.05, 0.1) is 11.0 Å². The lowest BCUT2D eigenvalue weighted by Gasteiger charge is -2.39. The first-order valence-corrected chi connectivity index (χ1v) is 11.4. The molecule has 9 heteroatoms. The van der Waals surface area contributed by atoms with E-state index < -0.39 is 17.2 Å². The molecular weight excluding hydrogens is 443 g/mol. The number of alkyl halides is 3. The molecule has 1 aromatic rings. The maximum Gasteiger partial charge on any atom is 0.417 e. The van der Waals surface area contributed by atoms with E-state index in [2.05, 4.69) is 24.1 Å². The number of aromatic nitrogens is 1. The number of carbonyl (C=O) groups is 1. The van der Waals surface area contributed by atoms with Gasteiger partial charge in [-0.2, -0.15) is 13.2 Å². The van der Waals surface area contributed by atoms with E-state index in [1.165, 1.54) is 0 Å². The highest BCUT2D eigenvalue weighted by Crippen LogP contribution is 2.46. The van der Waals surface area contributed by atoms with Gasteiger partial charge in [0.2, 0.25) is 5.91 Å². The fourth-order valence-corrected chi connectivity index (χ4v) is 5.45. The molecule has 3 heterocycles. The van der Waals surface area contributed by atoms with Crippen molar-refractivity contribution in [1.29, 1.82) is 0 Å². The van der Waals surface area contributed by atoms with Crippen LogP contribution in [-0.2, 0) is 28.7 Å². The smallest absolute Gasteiger partial charge is 0.381 e. The summed E-state index contributed by atoms with van der Waals surface area (Å²) in [7, 11) is 0. The highest BCUT2D eigenvalue weighted by molar-refractivity contribution is 5.85. The van der Waals surface area contributed by atoms with Crippen LogP contribution in [-0.4, -0.2) is 47.6 Å². The third-order valence-electron chi connectivity index (χ3n) is 7.43. The van der Waals surface area contributed by atoms with Gasteiger partial charge in [-0.25, -0.2) is 0 Å². The number of halogens is 4. The molecular formula is C23H33ClF3N3O2. The number of fused-ring (bicyclic) bond motifs is 1. The number of nitrogens with zero attached hydrogens (tertiary/aromatic N) is 2. The van der Waals surface area contributed by atoms with Gasteiger partial charge in [0.15, 0.2) is 0 Å². The summed E-state index contributed by atoms with van der Waals surface area (Å²) in [4.78, 5) is 19.5. The molecule has 1 N–H and O–H groups in total. The van der Waals surface area contributed by atoms with Crippen LogP contribution in [0.2, 0.25) is 0 Å². The summed E-state index contributed by atoms with van der Waals surface area (Å²) in [6.45, 7) is 6.46. The van der Waals surface area contributed by atoms with Crippen LogP contribution in [0.1, 0.15) is 62.8 Å². The zero-order valence-electron chi connectivity index (χ0n) is 18.7. The molecule has 0 aromatic carbocycles. The Bertz CT molecular complexity index is 814. The number of nitrogens with one attached hydrogen (secondary N) is 1. The molecule has 2 aliphatic heterocycles. The van der Waals surface area contributed by atoms with E-state index in [9.17, 15) is 18.0 Å². The fourth-order valence-electron chi connectivity index (χ4n) is 5.45. The molecule has 2 fully saturated rings. The summed E-state index contributed by atoms with van der Waals surface area (Å²) in [5.41, 5.74) is -0.0277. The highest BCUT2D eigenvalue weighted by atomic mass is 35.5. The van der Waals surface area contributed by atoms with Crippen molar-refractivity contribution in [3.05, 3.63) is 29.1 Å². The summed E-state index contributed by atoms with van der Waals surface area (Å²) in [6, 6.07) is 1.89. The number of rotatable bonds is 4. The van der Waals surface area contributed by atoms with Crippen LogP contribution in [0, 0.1) is 11.3 Å². The molecule has 3 aliphatic rings. The van der Waals surface area contributed by atoms with Gasteiger partial charge in [0.1, 0.15) is 0 Å². The molecule has 0 unspecified atom stereocenters. The number of hydrogen-bond acceptors (Lipinski definition) is 4. The zero-order chi connectivity index (χ0) is 22.2. The second-order valence-electron chi connectivity index (χ2n) is 9.61. The summed E-state index contributed by atoms with van der Waals surface area (Å²) >= 11 is 0. The van der Waals surface area contributed by atoms with E-state index in [4.69, 9.17) is 4.74 Å². The summed E-state index contributed by atoms with van der Waals surface area (Å²) in [5.74, 6) is 0.254. The maximum absolute atomic E-state index is 13.7. The molecule has 5 nitrogen and oxygen atoms in total. The van der Waals surface area contributed by atoms with Crippen molar-refractivity contribution in [2.75, 3.05) is 19.8 Å². The minimum absolute atomic E-state index is 0. The second kappa shape index (κ2) is 9.85. The first kappa shape index (κ1) is 25.2. The largest absolute Gasteiger partial charge is 0.417 e. The lowest BCUT2D eigenvalue weighted by Crippen LogP contribution is -2.49. The van der Waals surface area contributed by atoms with Crippen molar-refractivity contribution >= 4 is 18.3 Å². The molecule has 0 radical (unpaired) electrons. The van der Waals surface area contributed by atoms with Crippen molar-refractivity contribution in [3.8, 4) is 0 Å². The Morgan fingerprint density at radius 3 is 2.62 bits per heavy atom. The maximum atomic E-state index is 13.7. The molecule has 1 aliphatic carbocycles.